The number of para-hydroxylation sites is 1. The molecule has 0 fully saturated rings. The van der Waals surface area contributed by atoms with Crippen LogP contribution in [0.1, 0.15) is 0 Å². The molecule has 0 saturated carbocycles. The third kappa shape index (κ3) is 5.61. The lowest BCUT2D eigenvalue weighted by Crippen LogP contribution is -1.96. The first-order valence-electron chi connectivity index (χ1n) is 17.7. The van der Waals surface area contributed by atoms with Gasteiger partial charge in [-0.2, -0.15) is 0 Å². The standard InChI is InChI=1S/C48H31N5/c1-3-13-32(14-4-1)36-17-11-19-38(29-36)42-31-43(51-48(50-42)35-15-5-2-6-16-35)39-20-12-18-37(30-39)33-24-26-34(27-25-33)45-47-46(40-21-7-8-22-41(40)49-45)52-44-23-9-10-28-53(44)47/h1-31H. The van der Waals surface area contributed by atoms with Crippen LogP contribution in [0.4, 0.5) is 0 Å². The van der Waals surface area contributed by atoms with Crippen molar-refractivity contribution < 1.29 is 0 Å². The van der Waals surface area contributed by atoms with Gasteiger partial charge in [-0.25, -0.2) is 19.9 Å². The number of imidazole rings is 1. The number of fused-ring (bicyclic) bond motifs is 5. The van der Waals surface area contributed by atoms with Crippen molar-refractivity contribution in [1.82, 2.24) is 24.3 Å². The highest BCUT2D eigenvalue weighted by Gasteiger charge is 2.17. The molecule has 5 nitrogen and oxygen atoms in total. The first kappa shape index (κ1) is 30.6. The average Bonchev–Trinajstić information content (AvgIpc) is 3.64. The Labute approximate surface area is 306 Å². The van der Waals surface area contributed by atoms with Crippen molar-refractivity contribution in [2.45, 2.75) is 0 Å². The van der Waals surface area contributed by atoms with Gasteiger partial charge in [0.2, 0.25) is 0 Å². The molecule has 5 heteroatoms. The Hall–Kier alpha value is -7.24. The first-order chi connectivity index (χ1) is 26.2. The minimum atomic E-state index is 0.694. The smallest absolute Gasteiger partial charge is 0.160 e. The Kier molecular flexibility index (Phi) is 7.40. The summed E-state index contributed by atoms with van der Waals surface area (Å²) in [5.41, 5.74) is 15.1. The van der Waals surface area contributed by atoms with Crippen molar-refractivity contribution >= 4 is 27.6 Å². The van der Waals surface area contributed by atoms with Crippen molar-refractivity contribution in [3.05, 3.63) is 188 Å². The fraction of sp³-hybridized carbons (Fsp3) is 0. The Morgan fingerprint density at radius 1 is 0.358 bits per heavy atom. The molecule has 0 unspecified atom stereocenters. The van der Waals surface area contributed by atoms with Crippen molar-refractivity contribution in [3.63, 3.8) is 0 Å². The van der Waals surface area contributed by atoms with Crippen LogP contribution in [-0.4, -0.2) is 24.3 Å². The molecule has 0 N–H and O–H groups in total. The number of aromatic nitrogens is 5. The van der Waals surface area contributed by atoms with E-state index in [0.29, 0.717) is 5.82 Å². The van der Waals surface area contributed by atoms with Gasteiger partial charge in [-0.05, 0) is 58.7 Å². The number of hydrogen-bond donors (Lipinski definition) is 0. The van der Waals surface area contributed by atoms with Crippen LogP contribution in [0, 0.1) is 0 Å². The van der Waals surface area contributed by atoms with Crippen LogP contribution in [0.5, 0.6) is 0 Å². The molecule has 4 aromatic heterocycles. The summed E-state index contributed by atoms with van der Waals surface area (Å²) in [6, 6.07) is 62.9. The zero-order chi connectivity index (χ0) is 35.1. The topological polar surface area (TPSA) is 56.0 Å². The molecule has 0 atom stereocenters. The second kappa shape index (κ2) is 12.8. The second-order valence-electron chi connectivity index (χ2n) is 13.1. The number of nitrogens with zero attached hydrogens (tertiary/aromatic N) is 5. The lowest BCUT2D eigenvalue weighted by atomic mass is 9.98. The molecule has 0 bridgehead atoms. The van der Waals surface area contributed by atoms with E-state index in [1.165, 1.54) is 5.56 Å². The number of benzene rings is 6. The number of rotatable bonds is 6. The minimum Gasteiger partial charge on any atom is -0.298 e. The van der Waals surface area contributed by atoms with Gasteiger partial charge in [0.15, 0.2) is 5.82 Å². The van der Waals surface area contributed by atoms with Gasteiger partial charge in [-0.3, -0.25) is 4.40 Å². The molecule has 4 heterocycles. The summed E-state index contributed by atoms with van der Waals surface area (Å²) >= 11 is 0. The van der Waals surface area contributed by atoms with E-state index < -0.39 is 0 Å². The lowest BCUT2D eigenvalue weighted by Gasteiger charge is -2.12. The van der Waals surface area contributed by atoms with Crippen LogP contribution < -0.4 is 0 Å². The van der Waals surface area contributed by atoms with Crippen LogP contribution >= 0.6 is 0 Å². The number of hydrogen-bond acceptors (Lipinski definition) is 4. The van der Waals surface area contributed by atoms with Crippen LogP contribution in [-0.2, 0) is 0 Å². The summed E-state index contributed by atoms with van der Waals surface area (Å²) in [7, 11) is 0. The van der Waals surface area contributed by atoms with Crippen LogP contribution in [0.15, 0.2) is 188 Å². The molecule has 0 radical (unpaired) electrons. The normalized spacial score (nSPS) is 11.4. The van der Waals surface area contributed by atoms with E-state index in [-0.39, 0.29) is 0 Å². The monoisotopic (exact) mass is 677 g/mol. The van der Waals surface area contributed by atoms with E-state index in [1.807, 2.05) is 54.6 Å². The molecule has 0 spiro atoms. The molecule has 0 aliphatic carbocycles. The maximum absolute atomic E-state index is 5.17. The summed E-state index contributed by atoms with van der Waals surface area (Å²) in [4.78, 5) is 20.4. The summed E-state index contributed by atoms with van der Waals surface area (Å²) < 4.78 is 2.14. The van der Waals surface area contributed by atoms with Gasteiger partial charge < -0.3 is 0 Å². The van der Waals surface area contributed by atoms with E-state index in [4.69, 9.17) is 19.9 Å². The van der Waals surface area contributed by atoms with Gasteiger partial charge in [0.25, 0.3) is 0 Å². The molecule has 10 rings (SSSR count). The summed E-state index contributed by atoms with van der Waals surface area (Å²) in [5.74, 6) is 0.694. The quantitative estimate of drug-likeness (QED) is 0.176. The maximum Gasteiger partial charge on any atom is 0.160 e. The zero-order valence-corrected chi connectivity index (χ0v) is 28.6. The third-order valence-electron chi connectivity index (χ3n) is 9.82. The van der Waals surface area contributed by atoms with Gasteiger partial charge in [-0.1, -0.05) is 146 Å². The molecule has 0 aliphatic heterocycles. The van der Waals surface area contributed by atoms with Crippen LogP contribution in [0.3, 0.4) is 0 Å². The molecular weight excluding hydrogens is 647 g/mol. The van der Waals surface area contributed by atoms with E-state index >= 15 is 0 Å². The Balaban J connectivity index is 1.05. The van der Waals surface area contributed by atoms with Gasteiger partial charge >= 0.3 is 0 Å². The van der Waals surface area contributed by atoms with Crippen molar-refractivity contribution in [2.24, 2.45) is 0 Å². The predicted octanol–water partition coefficient (Wildman–Crippen LogP) is 11.8. The van der Waals surface area contributed by atoms with E-state index in [2.05, 4.69) is 138 Å². The predicted molar refractivity (Wildman–Crippen MR) is 216 cm³/mol. The fourth-order valence-electron chi connectivity index (χ4n) is 7.18. The summed E-state index contributed by atoms with van der Waals surface area (Å²) in [6.45, 7) is 0. The second-order valence-corrected chi connectivity index (χ2v) is 13.1. The third-order valence-corrected chi connectivity index (χ3v) is 9.82. The molecule has 6 aromatic carbocycles. The highest BCUT2D eigenvalue weighted by atomic mass is 15.0. The average molecular weight is 678 g/mol. The highest BCUT2D eigenvalue weighted by molar-refractivity contribution is 6.09. The SMILES string of the molecule is c1ccc(-c2cccc(-c3cc(-c4cccc(-c5ccc(-c6nc7ccccc7c7nc8ccccn8c67)cc5)c4)nc(-c4ccccc4)n3)c2)cc1. The first-order valence-corrected chi connectivity index (χ1v) is 17.7. The zero-order valence-electron chi connectivity index (χ0n) is 28.6. The van der Waals surface area contributed by atoms with Gasteiger partial charge in [-0.15, -0.1) is 0 Å². The molecule has 10 aromatic rings. The molecular formula is C48H31N5. The molecule has 53 heavy (non-hydrogen) atoms. The van der Waals surface area contributed by atoms with Crippen molar-refractivity contribution in [3.8, 4) is 67.4 Å². The van der Waals surface area contributed by atoms with Crippen molar-refractivity contribution in [1.29, 1.82) is 0 Å². The molecule has 0 amide bonds. The van der Waals surface area contributed by atoms with Gasteiger partial charge in [0.05, 0.1) is 28.1 Å². The van der Waals surface area contributed by atoms with Gasteiger partial charge in [0.1, 0.15) is 11.2 Å². The van der Waals surface area contributed by atoms with Crippen LogP contribution in [0.2, 0.25) is 0 Å². The largest absolute Gasteiger partial charge is 0.298 e. The fourth-order valence-corrected chi connectivity index (χ4v) is 7.18. The number of pyridine rings is 2. The van der Waals surface area contributed by atoms with E-state index in [0.717, 1.165) is 83.6 Å². The highest BCUT2D eigenvalue weighted by Crippen LogP contribution is 2.35. The van der Waals surface area contributed by atoms with Crippen LogP contribution in [0.25, 0.3) is 95.0 Å². The molecule has 0 saturated heterocycles. The lowest BCUT2D eigenvalue weighted by molar-refractivity contribution is 1.18. The Bertz CT molecular complexity index is 2930. The van der Waals surface area contributed by atoms with E-state index in [9.17, 15) is 0 Å². The summed E-state index contributed by atoms with van der Waals surface area (Å²) in [5, 5.41) is 1.05. The molecule has 248 valence electrons. The van der Waals surface area contributed by atoms with Gasteiger partial charge in [0, 0.05) is 33.8 Å². The van der Waals surface area contributed by atoms with Crippen molar-refractivity contribution in [2.75, 3.05) is 0 Å². The molecule has 0 aliphatic rings. The van der Waals surface area contributed by atoms with E-state index in [1.54, 1.807) is 0 Å². The Morgan fingerprint density at radius 2 is 0.906 bits per heavy atom. The maximum atomic E-state index is 5.17. The minimum absolute atomic E-state index is 0.694. The summed E-state index contributed by atoms with van der Waals surface area (Å²) in [6.07, 6.45) is 2.06. The Morgan fingerprint density at radius 3 is 1.60 bits per heavy atom.